The Bertz CT molecular complexity index is 1060. The molecule has 1 heterocycles. The van der Waals surface area contributed by atoms with Crippen molar-refractivity contribution in [2.75, 3.05) is 11.9 Å². The van der Waals surface area contributed by atoms with Gasteiger partial charge in [-0.15, -0.1) is 0 Å². The summed E-state index contributed by atoms with van der Waals surface area (Å²) in [4.78, 5) is 26.8. The number of likely N-dealkylation sites (tertiary alicyclic amines) is 1. The number of nitrogens with one attached hydrogen (secondary N) is 1. The van der Waals surface area contributed by atoms with Crippen molar-refractivity contribution in [1.29, 1.82) is 0 Å². The second-order valence-electron chi connectivity index (χ2n) is 7.46. The molecular weight excluding hydrogens is 428 g/mol. The van der Waals surface area contributed by atoms with Gasteiger partial charge in [0.1, 0.15) is 24.1 Å². The van der Waals surface area contributed by atoms with Crippen LogP contribution in [0.25, 0.3) is 0 Å². The number of benzene rings is 3. The molecule has 1 N–H and O–H groups in total. The highest BCUT2D eigenvalue weighted by Gasteiger charge is 2.35. The lowest BCUT2D eigenvalue weighted by molar-refractivity contribution is -0.120. The summed E-state index contributed by atoms with van der Waals surface area (Å²) in [7, 11) is 0. The molecule has 0 bridgehead atoms. The van der Waals surface area contributed by atoms with E-state index in [0.717, 1.165) is 12.0 Å². The number of rotatable bonds is 6. The maximum atomic E-state index is 12.8. The highest BCUT2D eigenvalue weighted by molar-refractivity contribution is 6.30. The van der Waals surface area contributed by atoms with E-state index >= 15 is 0 Å². The summed E-state index contributed by atoms with van der Waals surface area (Å²) in [6.45, 7) is 0.680. The smallest absolute Gasteiger partial charge is 0.410 e. The van der Waals surface area contributed by atoms with Crippen LogP contribution in [0.5, 0.6) is 11.5 Å². The Labute approximate surface area is 191 Å². The zero-order valence-corrected chi connectivity index (χ0v) is 18.1. The van der Waals surface area contributed by atoms with Gasteiger partial charge in [-0.25, -0.2) is 4.79 Å². The quantitative estimate of drug-likeness (QED) is 0.509. The van der Waals surface area contributed by atoms with Crippen molar-refractivity contribution in [3.63, 3.8) is 0 Å². The molecule has 4 rings (SSSR count). The number of hydrogen-bond donors (Lipinski definition) is 1. The molecule has 0 aliphatic carbocycles. The maximum Gasteiger partial charge on any atom is 0.410 e. The molecule has 0 spiro atoms. The van der Waals surface area contributed by atoms with Crippen molar-refractivity contribution in [3.05, 3.63) is 89.4 Å². The standard InChI is InChI=1S/C25H23ClN2O4/c26-19-8-12-21(13-9-19)32-22-14-10-20(11-15-22)27-24(29)23-7-4-16-28(23)25(30)31-17-18-5-2-1-3-6-18/h1-3,5-6,8-15,23H,4,7,16-17H2,(H,27,29)/t23-/m1/s1. The van der Waals surface area contributed by atoms with Gasteiger partial charge in [0, 0.05) is 17.3 Å². The lowest BCUT2D eigenvalue weighted by Gasteiger charge is -2.23. The van der Waals surface area contributed by atoms with Crippen LogP contribution >= 0.6 is 11.6 Å². The second-order valence-corrected chi connectivity index (χ2v) is 7.90. The van der Waals surface area contributed by atoms with E-state index in [1.807, 2.05) is 30.3 Å². The number of anilines is 1. The third-order valence-corrected chi connectivity index (χ3v) is 5.42. The number of carbonyl (C=O) groups is 2. The van der Waals surface area contributed by atoms with Crippen LogP contribution < -0.4 is 10.1 Å². The van der Waals surface area contributed by atoms with Crippen molar-refractivity contribution in [2.24, 2.45) is 0 Å². The average Bonchev–Trinajstić information content (AvgIpc) is 3.31. The van der Waals surface area contributed by atoms with Crippen LogP contribution in [0.4, 0.5) is 10.5 Å². The summed E-state index contributed by atoms with van der Waals surface area (Å²) >= 11 is 5.88. The van der Waals surface area contributed by atoms with E-state index in [0.29, 0.717) is 35.2 Å². The highest BCUT2D eigenvalue weighted by atomic mass is 35.5. The van der Waals surface area contributed by atoms with E-state index < -0.39 is 12.1 Å². The van der Waals surface area contributed by atoms with E-state index in [1.165, 1.54) is 4.90 Å². The van der Waals surface area contributed by atoms with Crippen molar-refractivity contribution in [2.45, 2.75) is 25.5 Å². The van der Waals surface area contributed by atoms with Crippen molar-refractivity contribution >= 4 is 29.3 Å². The second kappa shape index (κ2) is 10.2. The molecule has 1 saturated heterocycles. The van der Waals surface area contributed by atoms with Crippen LogP contribution in [0.3, 0.4) is 0 Å². The first kappa shape index (κ1) is 21.7. The molecule has 164 valence electrons. The Morgan fingerprint density at radius 3 is 2.28 bits per heavy atom. The van der Waals surface area contributed by atoms with Gasteiger partial charge >= 0.3 is 6.09 Å². The van der Waals surface area contributed by atoms with Crippen LogP contribution in [0, 0.1) is 0 Å². The Balaban J connectivity index is 1.32. The van der Waals surface area contributed by atoms with Gasteiger partial charge in [0.2, 0.25) is 5.91 Å². The highest BCUT2D eigenvalue weighted by Crippen LogP contribution is 2.25. The minimum Gasteiger partial charge on any atom is -0.457 e. The van der Waals surface area contributed by atoms with Crippen LogP contribution in [-0.4, -0.2) is 29.5 Å². The van der Waals surface area contributed by atoms with Crippen molar-refractivity contribution in [1.82, 2.24) is 4.90 Å². The molecule has 0 aromatic heterocycles. The number of halogens is 1. The number of ether oxygens (including phenoxy) is 2. The lowest BCUT2D eigenvalue weighted by Crippen LogP contribution is -2.43. The first-order valence-electron chi connectivity index (χ1n) is 10.4. The van der Waals surface area contributed by atoms with Crippen LogP contribution in [0.1, 0.15) is 18.4 Å². The molecule has 1 aliphatic rings. The van der Waals surface area contributed by atoms with E-state index in [2.05, 4.69) is 5.32 Å². The molecule has 6 nitrogen and oxygen atoms in total. The zero-order valence-electron chi connectivity index (χ0n) is 17.4. The molecular formula is C25H23ClN2O4. The molecule has 0 saturated carbocycles. The summed E-state index contributed by atoms with van der Waals surface area (Å²) in [5.74, 6) is 1.07. The van der Waals surface area contributed by atoms with E-state index in [4.69, 9.17) is 21.1 Å². The molecule has 7 heteroatoms. The van der Waals surface area contributed by atoms with Gasteiger partial charge in [-0.3, -0.25) is 9.69 Å². The predicted molar refractivity (Wildman–Crippen MR) is 123 cm³/mol. The summed E-state index contributed by atoms with van der Waals surface area (Å²) in [5.41, 5.74) is 1.53. The normalized spacial score (nSPS) is 15.3. The van der Waals surface area contributed by atoms with Gasteiger partial charge in [-0.1, -0.05) is 41.9 Å². The fourth-order valence-electron chi connectivity index (χ4n) is 3.53. The summed E-state index contributed by atoms with van der Waals surface area (Å²) in [6, 6.07) is 23.0. The van der Waals surface area contributed by atoms with Crippen LogP contribution in [0.15, 0.2) is 78.9 Å². The van der Waals surface area contributed by atoms with Crippen molar-refractivity contribution in [3.8, 4) is 11.5 Å². The first-order chi connectivity index (χ1) is 15.6. The first-order valence-corrected chi connectivity index (χ1v) is 10.8. The monoisotopic (exact) mass is 450 g/mol. The number of carbonyl (C=O) groups excluding carboxylic acids is 2. The van der Waals surface area contributed by atoms with Crippen molar-refractivity contribution < 1.29 is 19.1 Å². The summed E-state index contributed by atoms with van der Waals surface area (Å²) in [5, 5.41) is 3.52. The molecule has 2 amide bonds. The molecule has 3 aromatic rings. The molecule has 32 heavy (non-hydrogen) atoms. The Morgan fingerprint density at radius 2 is 1.59 bits per heavy atom. The number of nitrogens with zero attached hydrogens (tertiary/aromatic N) is 1. The van der Waals surface area contributed by atoms with Crippen LogP contribution in [-0.2, 0) is 16.1 Å². The molecule has 1 fully saturated rings. The predicted octanol–water partition coefficient (Wildman–Crippen LogP) is 5.87. The molecule has 1 aliphatic heterocycles. The third-order valence-electron chi connectivity index (χ3n) is 5.17. The maximum absolute atomic E-state index is 12.8. The van der Waals surface area contributed by atoms with Gasteiger partial charge in [0.15, 0.2) is 0 Å². The van der Waals surface area contributed by atoms with Gasteiger partial charge in [0.05, 0.1) is 0 Å². The molecule has 1 atom stereocenters. The molecule has 0 unspecified atom stereocenters. The zero-order chi connectivity index (χ0) is 22.3. The summed E-state index contributed by atoms with van der Waals surface area (Å²) in [6.07, 6.45) is 0.884. The van der Waals surface area contributed by atoms with E-state index in [1.54, 1.807) is 48.5 Å². The minimum atomic E-state index is -0.553. The Kier molecular flexibility index (Phi) is 6.92. The Hall–Kier alpha value is -3.51. The summed E-state index contributed by atoms with van der Waals surface area (Å²) < 4.78 is 11.2. The minimum absolute atomic E-state index is 0.180. The number of amides is 2. The molecule has 0 radical (unpaired) electrons. The van der Waals surface area contributed by atoms with Crippen LogP contribution in [0.2, 0.25) is 5.02 Å². The largest absolute Gasteiger partial charge is 0.457 e. The fraction of sp³-hybridized carbons (Fsp3) is 0.200. The average molecular weight is 451 g/mol. The third kappa shape index (κ3) is 5.59. The van der Waals surface area contributed by atoms with Gasteiger partial charge in [-0.2, -0.15) is 0 Å². The Morgan fingerprint density at radius 1 is 0.938 bits per heavy atom. The SMILES string of the molecule is O=C(Nc1ccc(Oc2ccc(Cl)cc2)cc1)[C@H]1CCCN1C(=O)OCc1ccccc1. The van der Waals surface area contributed by atoms with Gasteiger partial charge in [0.25, 0.3) is 0 Å². The fourth-order valence-corrected chi connectivity index (χ4v) is 3.66. The van der Waals surface area contributed by atoms with Gasteiger partial charge in [-0.05, 0) is 66.9 Å². The number of hydrogen-bond acceptors (Lipinski definition) is 4. The topological polar surface area (TPSA) is 67.9 Å². The van der Waals surface area contributed by atoms with E-state index in [9.17, 15) is 9.59 Å². The van der Waals surface area contributed by atoms with Gasteiger partial charge < -0.3 is 14.8 Å². The lowest BCUT2D eigenvalue weighted by atomic mass is 10.2. The molecule has 3 aromatic carbocycles. The van der Waals surface area contributed by atoms with E-state index in [-0.39, 0.29) is 12.5 Å².